The van der Waals surface area contributed by atoms with E-state index in [1.165, 1.54) is 56.4 Å². The Balaban J connectivity index is 1.67. The van der Waals surface area contributed by atoms with Crippen LogP contribution >= 0.6 is 11.8 Å². The summed E-state index contributed by atoms with van der Waals surface area (Å²) >= 11 is 1.69. The van der Waals surface area contributed by atoms with Gasteiger partial charge in [-0.2, -0.15) is 0 Å². The SMILES string of the molecule is Fc1ccc(-c2nnc(SCC3CCCCC3)n2-c2ccc(F)cc2)cc1. The van der Waals surface area contributed by atoms with Crippen LogP contribution in [0.5, 0.6) is 0 Å². The first-order valence-electron chi connectivity index (χ1n) is 9.31. The van der Waals surface area contributed by atoms with Gasteiger partial charge < -0.3 is 0 Å². The Bertz CT molecular complexity index is 885. The number of nitrogens with zero attached hydrogens (tertiary/aromatic N) is 3. The highest BCUT2D eigenvalue weighted by Crippen LogP contribution is 2.32. The summed E-state index contributed by atoms with van der Waals surface area (Å²) < 4.78 is 28.6. The van der Waals surface area contributed by atoms with Crippen LogP contribution in [0.3, 0.4) is 0 Å². The van der Waals surface area contributed by atoms with Crippen molar-refractivity contribution in [3.05, 3.63) is 60.2 Å². The minimum Gasteiger partial charge on any atom is -0.270 e. The van der Waals surface area contributed by atoms with Crippen molar-refractivity contribution >= 4 is 11.8 Å². The number of aromatic nitrogens is 3. The van der Waals surface area contributed by atoms with Crippen molar-refractivity contribution in [2.24, 2.45) is 5.92 Å². The Morgan fingerprint density at radius 2 is 1.48 bits per heavy atom. The average molecular weight is 385 g/mol. The first-order valence-corrected chi connectivity index (χ1v) is 10.3. The maximum atomic E-state index is 13.4. The van der Waals surface area contributed by atoms with Gasteiger partial charge in [0.15, 0.2) is 11.0 Å². The van der Waals surface area contributed by atoms with Gasteiger partial charge in [0.1, 0.15) is 11.6 Å². The molecule has 0 spiro atoms. The zero-order chi connectivity index (χ0) is 18.6. The van der Waals surface area contributed by atoms with Crippen molar-refractivity contribution in [1.29, 1.82) is 0 Å². The highest BCUT2D eigenvalue weighted by atomic mass is 32.2. The smallest absolute Gasteiger partial charge is 0.196 e. The van der Waals surface area contributed by atoms with Crippen LogP contribution in [0, 0.1) is 17.6 Å². The van der Waals surface area contributed by atoms with Crippen LogP contribution in [0.25, 0.3) is 17.1 Å². The average Bonchev–Trinajstić information content (AvgIpc) is 3.12. The van der Waals surface area contributed by atoms with Gasteiger partial charge in [-0.15, -0.1) is 10.2 Å². The van der Waals surface area contributed by atoms with Crippen LogP contribution in [-0.4, -0.2) is 20.5 Å². The van der Waals surface area contributed by atoms with E-state index < -0.39 is 0 Å². The number of halogens is 2. The Morgan fingerprint density at radius 1 is 0.852 bits per heavy atom. The summed E-state index contributed by atoms with van der Waals surface area (Å²) in [5, 5.41) is 9.52. The molecule has 1 saturated carbocycles. The molecule has 6 heteroatoms. The molecule has 3 aromatic rings. The van der Waals surface area contributed by atoms with Crippen LogP contribution in [0.2, 0.25) is 0 Å². The van der Waals surface area contributed by atoms with E-state index in [1.54, 1.807) is 36.0 Å². The molecule has 0 radical (unpaired) electrons. The van der Waals surface area contributed by atoms with Gasteiger partial charge in [-0.05, 0) is 67.3 Å². The van der Waals surface area contributed by atoms with E-state index in [9.17, 15) is 8.78 Å². The zero-order valence-corrected chi connectivity index (χ0v) is 15.8. The van der Waals surface area contributed by atoms with Gasteiger partial charge in [-0.3, -0.25) is 4.57 Å². The fraction of sp³-hybridized carbons (Fsp3) is 0.333. The molecule has 0 bridgehead atoms. The lowest BCUT2D eigenvalue weighted by Crippen LogP contribution is -2.09. The highest BCUT2D eigenvalue weighted by Gasteiger charge is 2.19. The van der Waals surface area contributed by atoms with Gasteiger partial charge in [0, 0.05) is 17.0 Å². The molecule has 140 valence electrons. The van der Waals surface area contributed by atoms with Crippen LogP contribution in [0.4, 0.5) is 8.78 Å². The second-order valence-electron chi connectivity index (χ2n) is 6.94. The number of benzene rings is 2. The predicted octanol–water partition coefficient (Wildman–Crippen LogP) is 5.88. The van der Waals surface area contributed by atoms with Crippen molar-refractivity contribution < 1.29 is 8.78 Å². The summed E-state index contributed by atoms with van der Waals surface area (Å²) in [7, 11) is 0. The second-order valence-corrected chi connectivity index (χ2v) is 7.93. The summed E-state index contributed by atoms with van der Waals surface area (Å²) in [5.74, 6) is 1.76. The van der Waals surface area contributed by atoms with Crippen molar-refractivity contribution in [2.45, 2.75) is 37.3 Å². The number of hydrogen-bond donors (Lipinski definition) is 0. The standard InChI is InChI=1S/C21H21F2N3S/c22-17-8-6-16(7-9-17)20-24-25-21(27-14-15-4-2-1-3-5-15)26(20)19-12-10-18(23)11-13-19/h6-13,15H,1-5,14H2. The lowest BCUT2D eigenvalue weighted by molar-refractivity contribution is 0.390. The van der Waals surface area contributed by atoms with E-state index in [1.807, 2.05) is 4.57 Å². The van der Waals surface area contributed by atoms with Gasteiger partial charge in [0.2, 0.25) is 0 Å². The quantitative estimate of drug-likeness (QED) is 0.514. The third kappa shape index (κ3) is 4.21. The fourth-order valence-electron chi connectivity index (χ4n) is 3.52. The molecular formula is C21H21F2N3S. The first-order chi connectivity index (χ1) is 13.2. The monoisotopic (exact) mass is 385 g/mol. The van der Waals surface area contributed by atoms with Gasteiger partial charge >= 0.3 is 0 Å². The van der Waals surface area contributed by atoms with E-state index >= 15 is 0 Å². The van der Waals surface area contributed by atoms with Crippen LogP contribution in [0.15, 0.2) is 53.7 Å². The molecular weight excluding hydrogens is 364 g/mol. The molecule has 0 unspecified atom stereocenters. The van der Waals surface area contributed by atoms with E-state index in [4.69, 9.17) is 0 Å². The molecule has 0 saturated heterocycles. The maximum absolute atomic E-state index is 13.4. The molecule has 1 aliphatic carbocycles. The normalized spacial score (nSPS) is 15.2. The Labute approximate surface area is 161 Å². The van der Waals surface area contributed by atoms with Crippen LogP contribution in [0.1, 0.15) is 32.1 Å². The van der Waals surface area contributed by atoms with E-state index in [0.717, 1.165) is 22.2 Å². The van der Waals surface area contributed by atoms with Crippen LogP contribution in [-0.2, 0) is 0 Å². The van der Waals surface area contributed by atoms with Crippen molar-refractivity contribution in [3.8, 4) is 17.1 Å². The van der Waals surface area contributed by atoms with Crippen molar-refractivity contribution in [3.63, 3.8) is 0 Å². The van der Waals surface area contributed by atoms with Crippen molar-refractivity contribution in [2.75, 3.05) is 5.75 Å². The minimum absolute atomic E-state index is 0.286. The summed E-state index contributed by atoms with van der Waals surface area (Å²) in [6.45, 7) is 0. The third-order valence-corrected chi connectivity index (χ3v) is 6.15. The molecule has 4 rings (SSSR count). The van der Waals surface area contributed by atoms with E-state index in [-0.39, 0.29) is 11.6 Å². The third-order valence-electron chi connectivity index (χ3n) is 4.99. The molecule has 0 atom stereocenters. The topological polar surface area (TPSA) is 30.7 Å². The van der Waals surface area contributed by atoms with Gasteiger partial charge in [0.25, 0.3) is 0 Å². The van der Waals surface area contributed by atoms with Gasteiger partial charge in [-0.25, -0.2) is 8.78 Å². The molecule has 0 amide bonds. The molecule has 1 aliphatic rings. The lowest BCUT2D eigenvalue weighted by Gasteiger charge is -2.20. The van der Waals surface area contributed by atoms with E-state index in [2.05, 4.69) is 10.2 Å². The fourth-order valence-corrected chi connectivity index (χ4v) is 4.66. The summed E-state index contributed by atoms with van der Waals surface area (Å²) in [6, 6.07) is 12.5. The van der Waals surface area contributed by atoms with Gasteiger partial charge in [0.05, 0.1) is 0 Å². The van der Waals surface area contributed by atoms with Crippen molar-refractivity contribution in [1.82, 2.24) is 14.8 Å². The number of hydrogen-bond acceptors (Lipinski definition) is 3. The molecule has 1 fully saturated rings. The summed E-state index contributed by atoms with van der Waals surface area (Å²) in [4.78, 5) is 0. The Morgan fingerprint density at radius 3 is 2.15 bits per heavy atom. The number of thioether (sulfide) groups is 1. The lowest BCUT2D eigenvalue weighted by atomic mass is 9.91. The summed E-state index contributed by atoms with van der Waals surface area (Å²) in [6.07, 6.45) is 6.47. The maximum Gasteiger partial charge on any atom is 0.196 e. The first kappa shape index (κ1) is 18.2. The summed E-state index contributed by atoms with van der Waals surface area (Å²) in [5.41, 5.74) is 1.57. The molecule has 2 aromatic carbocycles. The number of rotatable bonds is 5. The van der Waals surface area contributed by atoms with Gasteiger partial charge in [-0.1, -0.05) is 31.0 Å². The molecule has 1 aromatic heterocycles. The predicted molar refractivity (Wildman–Crippen MR) is 104 cm³/mol. The molecule has 1 heterocycles. The Kier molecular flexibility index (Phi) is 5.53. The Hall–Kier alpha value is -2.21. The second kappa shape index (κ2) is 8.21. The molecule has 27 heavy (non-hydrogen) atoms. The van der Waals surface area contributed by atoms with E-state index in [0.29, 0.717) is 11.7 Å². The zero-order valence-electron chi connectivity index (χ0n) is 14.9. The highest BCUT2D eigenvalue weighted by molar-refractivity contribution is 7.99. The molecule has 0 N–H and O–H groups in total. The largest absolute Gasteiger partial charge is 0.270 e. The van der Waals surface area contributed by atoms with Crippen LogP contribution < -0.4 is 0 Å². The minimum atomic E-state index is -0.293. The molecule has 0 aliphatic heterocycles. The molecule has 3 nitrogen and oxygen atoms in total.